The molecule has 2 aromatic rings. The van der Waals surface area contributed by atoms with Crippen LogP contribution in [0.3, 0.4) is 0 Å². The summed E-state index contributed by atoms with van der Waals surface area (Å²) in [5.41, 5.74) is -0.489. The summed E-state index contributed by atoms with van der Waals surface area (Å²) in [5.74, 6) is -3.13. The van der Waals surface area contributed by atoms with E-state index < -0.39 is 47.3 Å². The van der Waals surface area contributed by atoms with E-state index in [-0.39, 0.29) is 29.3 Å². The minimum absolute atomic E-state index is 0.0281. The van der Waals surface area contributed by atoms with Gasteiger partial charge in [0.1, 0.15) is 6.17 Å². The molecule has 1 saturated heterocycles. The lowest BCUT2D eigenvalue weighted by Gasteiger charge is -2.34. The predicted molar refractivity (Wildman–Crippen MR) is 96.2 cm³/mol. The van der Waals surface area contributed by atoms with Crippen LogP contribution < -0.4 is 16.2 Å². The zero-order chi connectivity index (χ0) is 20.4. The summed E-state index contributed by atoms with van der Waals surface area (Å²) in [7, 11) is 0. The molecule has 1 aliphatic rings. The Hall–Kier alpha value is -2.86. The summed E-state index contributed by atoms with van der Waals surface area (Å²) in [6, 6.07) is 4.06. The van der Waals surface area contributed by atoms with Gasteiger partial charge in [0.05, 0.1) is 30.0 Å². The minimum atomic E-state index is -1.30. The molecule has 1 aromatic heterocycles. The smallest absolute Gasteiger partial charge is 0.252 e. The SMILES string of the molecule is C[C@@H](NC(=O)Cc1cc2c(F)c(F)ccc2[nH]c1=O)C1NCC(C#N)CC1F. The molecule has 28 heavy (non-hydrogen) atoms. The first-order valence-electron chi connectivity index (χ1n) is 8.86. The molecule has 0 bridgehead atoms. The molecule has 4 atom stereocenters. The Balaban J connectivity index is 1.71. The number of hydrogen-bond donors (Lipinski definition) is 3. The van der Waals surface area contributed by atoms with Gasteiger partial charge in [-0.25, -0.2) is 13.2 Å². The van der Waals surface area contributed by atoms with Gasteiger partial charge in [-0.15, -0.1) is 0 Å². The molecule has 2 heterocycles. The Morgan fingerprint density at radius 3 is 2.86 bits per heavy atom. The zero-order valence-electron chi connectivity index (χ0n) is 15.1. The van der Waals surface area contributed by atoms with Crippen molar-refractivity contribution in [2.24, 2.45) is 5.92 Å². The maximum atomic E-state index is 14.2. The lowest BCUT2D eigenvalue weighted by molar-refractivity contribution is -0.121. The fourth-order valence-corrected chi connectivity index (χ4v) is 3.45. The van der Waals surface area contributed by atoms with Crippen LogP contribution in [0.15, 0.2) is 23.0 Å². The number of nitrogens with one attached hydrogen (secondary N) is 3. The predicted octanol–water partition coefficient (Wildman–Crippen LogP) is 1.69. The number of nitrogens with zero attached hydrogens (tertiary/aromatic N) is 1. The number of aromatic nitrogens is 1. The number of nitriles is 1. The molecule has 3 unspecified atom stereocenters. The van der Waals surface area contributed by atoms with Crippen LogP contribution in [0.5, 0.6) is 0 Å². The normalized spacial score (nSPS) is 23.2. The summed E-state index contributed by atoms with van der Waals surface area (Å²) in [4.78, 5) is 26.8. The highest BCUT2D eigenvalue weighted by Crippen LogP contribution is 2.20. The molecule has 1 aromatic carbocycles. The summed E-state index contributed by atoms with van der Waals surface area (Å²) in [6.07, 6.45) is -1.57. The van der Waals surface area contributed by atoms with Gasteiger partial charge >= 0.3 is 0 Å². The number of fused-ring (bicyclic) bond motifs is 1. The van der Waals surface area contributed by atoms with Gasteiger partial charge in [0.25, 0.3) is 5.56 Å². The fraction of sp³-hybridized carbons (Fsp3) is 0.421. The lowest BCUT2D eigenvalue weighted by Crippen LogP contribution is -2.57. The highest BCUT2D eigenvalue weighted by Gasteiger charge is 2.34. The van der Waals surface area contributed by atoms with E-state index in [4.69, 9.17) is 5.26 Å². The number of alkyl halides is 1. The minimum Gasteiger partial charge on any atom is -0.352 e. The van der Waals surface area contributed by atoms with Crippen LogP contribution in [0.4, 0.5) is 13.2 Å². The zero-order valence-corrected chi connectivity index (χ0v) is 15.1. The summed E-state index contributed by atoms with van der Waals surface area (Å²) >= 11 is 0. The van der Waals surface area contributed by atoms with Gasteiger partial charge in [0.15, 0.2) is 11.6 Å². The summed E-state index contributed by atoms with van der Waals surface area (Å²) in [6.45, 7) is 1.95. The molecule has 1 amide bonds. The Kier molecular flexibility index (Phi) is 5.70. The first-order chi connectivity index (χ1) is 13.3. The largest absolute Gasteiger partial charge is 0.352 e. The quantitative estimate of drug-likeness (QED) is 0.738. The Bertz CT molecular complexity index is 1000. The molecule has 9 heteroatoms. The number of piperidine rings is 1. The molecule has 0 aliphatic carbocycles. The third-order valence-corrected chi connectivity index (χ3v) is 4.95. The van der Waals surface area contributed by atoms with Crippen molar-refractivity contribution < 1.29 is 18.0 Å². The molecule has 0 spiro atoms. The summed E-state index contributed by atoms with van der Waals surface area (Å²) < 4.78 is 41.6. The van der Waals surface area contributed by atoms with Crippen molar-refractivity contribution in [1.82, 2.24) is 15.6 Å². The number of amides is 1. The average molecular weight is 392 g/mol. The van der Waals surface area contributed by atoms with E-state index in [1.54, 1.807) is 6.92 Å². The number of benzene rings is 1. The van der Waals surface area contributed by atoms with Gasteiger partial charge in [-0.1, -0.05) is 0 Å². The van der Waals surface area contributed by atoms with Crippen LogP contribution in [0.2, 0.25) is 0 Å². The molecular weight excluding hydrogens is 373 g/mol. The first-order valence-corrected chi connectivity index (χ1v) is 8.86. The summed E-state index contributed by atoms with van der Waals surface area (Å²) in [5, 5.41) is 14.3. The second kappa shape index (κ2) is 8.02. The van der Waals surface area contributed by atoms with Crippen LogP contribution in [0.1, 0.15) is 18.9 Å². The monoisotopic (exact) mass is 392 g/mol. The standard InChI is InChI=1S/C19H19F3N4O2/c1-9(18-14(21)4-10(7-23)8-24-18)25-16(27)6-11-5-12-15(26-19(11)28)3-2-13(20)17(12)22/h2-3,5,9-10,14,18,24H,4,6,8H2,1H3,(H,25,27)(H,26,28)/t9-,10?,14?,18?/m1/s1. The Morgan fingerprint density at radius 2 is 2.18 bits per heavy atom. The molecular formula is C19H19F3N4O2. The van der Waals surface area contributed by atoms with Crippen molar-refractivity contribution in [3.8, 4) is 6.07 Å². The fourth-order valence-electron chi connectivity index (χ4n) is 3.45. The van der Waals surface area contributed by atoms with E-state index >= 15 is 0 Å². The van der Waals surface area contributed by atoms with Crippen molar-refractivity contribution in [3.63, 3.8) is 0 Å². The highest BCUT2D eigenvalue weighted by atomic mass is 19.2. The van der Waals surface area contributed by atoms with E-state index in [1.807, 2.05) is 6.07 Å². The van der Waals surface area contributed by atoms with Crippen LogP contribution in [0, 0.1) is 28.9 Å². The van der Waals surface area contributed by atoms with E-state index in [9.17, 15) is 22.8 Å². The Morgan fingerprint density at radius 1 is 1.43 bits per heavy atom. The maximum Gasteiger partial charge on any atom is 0.252 e. The average Bonchev–Trinajstić information content (AvgIpc) is 2.65. The molecule has 0 radical (unpaired) electrons. The topological polar surface area (TPSA) is 97.8 Å². The van der Waals surface area contributed by atoms with Crippen molar-refractivity contribution in [1.29, 1.82) is 5.26 Å². The van der Waals surface area contributed by atoms with Crippen LogP contribution in [0.25, 0.3) is 10.9 Å². The van der Waals surface area contributed by atoms with E-state index in [1.165, 1.54) is 6.07 Å². The number of aromatic amines is 1. The van der Waals surface area contributed by atoms with Crippen molar-refractivity contribution in [2.75, 3.05) is 6.54 Å². The number of H-pyrrole nitrogens is 1. The molecule has 3 rings (SSSR count). The van der Waals surface area contributed by atoms with Gasteiger partial charge in [-0.05, 0) is 31.5 Å². The van der Waals surface area contributed by atoms with E-state index in [2.05, 4.69) is 15.6 Å². The van der Waals surface area contributed by atoms with Gasteiger partial charge in [-0.3, -0.25) is 9.59 Å². The maximum absolute atomic E-state index is 14.2. The van der Waals surface area contributed by atoms with Gasteiger partial charge < -0.3 is 15.6 Å². The molecule has 148 valence electrons. The third-order valence-electron chi connectivity index (χ3n) is 4.95. The van der Waals surface area contributed by atoms with Crippen molar-refractivity contribution in [2.45, 2.75) is 38.0 Å². The van der Waals surface area contributed by atoms with Crippen LogP contribution in [-0.2, 0) is 11.2 Å². The van der Waals surface area contributed by atoms with Gasteiger partial charge in [-0.2, -0.15) is 5.26 Å². The molecule has 1 aliphatic heterocycles. The first kappa shape index (κ1) is 19.9. The molecule has 3 N–H and O–H groups in total. The third kappa shape index (κ3) is 4.02. The molecule has 1 fully saturated rings. The van der Waals surface area contributed by atoms with E-state index in [0.717, 1.165) is 12.1 Å². The second-order valence-electron chi connectivity index (χ2n) is 6.99. The second-order valence-corrected chi connectivity index (χ2v) is 6.99. The number of carbonyl (C=O) groups excluding carboxylic acids is 1. The van der Waals surface area contributed by atoms with Crippen LogP contribution in [-0.4, -0.2) is 35.7 Å². The van der Waals surface area contributed by atoms with Gasteiger partial charge in [0, 0.05) is 23.5 Å². The van der Waals surface area contributed by atoms with E-state index in [0.29, 0.717) is 6.54 Å². The number of halogens is 3. The van der Waals surface area contributed by atoms with Crippen LogP contribution >= 0.6 is 0 Å². The molecule has 0 saturated carbocycles. The van der Waals surface area contributed by atoms with Crippen molar-refractivity contribution >= 4 is 16.8 Å². The van der Waals surface area contributed by atoms with Gasteiger partial charge in [0.2, 0.25) is 5.91 Å². The lowest BCUT2D eigenvalue weighted by atomic mass is 9.90. The number of rotatable bonds is 4. The number of pyridine rings is 1. The number of hydrogen-bond acceptors (Lipinski definition) is 4. The highest BCUT2D eigenvalue weighted by molar-refractivity contribution is 5.83. The van der Waals surface area contributed by atoms with Crippen molar-refractivity contribution in [3.05, 3.63) is 45.8 Å². The molecule has 6 nitrogen and oxygen atoms in total. The number of carbonyl (C=O) groups is 1. The Labute approximate surface area is 158 Å².